The van der Waals surface area contributed by atoms with E-state index in [1.54, 1.807) is 18.9 Å². The number of piperidine rings is 1. The molecule has 7 heteroatoms. The van der Waals surface area contributed by atoms with Crippen molar-refractivity contribution in [2.75, 3.05) is 20.1 Å². The predicted octanol–water partition coefficient (Wildman–Crippen LogP) is 1.60. The summed E-state index contributed by atoms with van der Waals surface area (Å²) in [4.78, 5) is 34.3. The van der Waals surface area contributed by atoms with Crippen molar-refractivity contribution in [3.05, 3.63) is 35.4 Å². The molecular weight excluding hydrogens is 368 g/mol. The van der Waals surface area contributed by atoms with E-state index in [2.05, 4.69) is 25.8 Å². The zero-order valence-electron chi connectivity index (χ0n) is 18.0. The highest BCUT2D eigenvalue weighted by Gasteiger charge is 2.52. The van der Waals surface area contributed by atoms with Crippen molar-refractivity contribution in [2.24, 2.45) is 10.7 Å². The molecule has 2 amide bonds. The van der Waals surface area contributed by atoms with Gasteiger partial charge in [-0.2, -0.15) is 0 Å². The maximum Gasteiger partial charge on any atom is 0.251 e. The molecule has 1 fully saturated rings. The van der Waals surface area contributed by atoms with Crippen LogP contribution < -0.4 is 5.73 Å². The van der Waals surface area contributed by atoms with E-state index < -0.39 is 11.5 Å². The van der Waals surface area contributed by atoms with Gasteiger partial charge in [-0.25, -0.2) is 4.99 Å². The van der Waals surface area contributed by atoms with Crippen molar-refractivity contribution in [1.82, 2.24) is 9.80 Å². The Morgan fingerprint density at radius 1 is 1.21 bits per heavy atom. The molecule has 0 radical (unpaired) electrons. The van der Waals surface area contributed by atoms with Crippen LogP contribution in [0.2, 0.25) is 0 Å². The molecule has 0 bridgehead atoms. The maximum atomic E-state index is 13.5. The minimum absolute atomic E-state index is 0.0117. The second-order valence-corrected chi connectivity index (χ2v) is 9.34. The molecule has 2 heterocycles. The van der Waals surface area contributed by atoms with Gasteiger partial charge in [-0.3, -0.25) is 14.5 Å². The van der Waals surface area contributed by atoms with E-state index >= 15 is 0 Å². The first-order valence-corrected chi connectivity index (χ1v) is 10.2. The lowest BCUT2D eigenvalue weighted by molar-refractivity contribution is -0.144. The van der Waals surface area contributed by atoms with Gasteiger partial charge in [0.1, 0.15) is 0 Å². The normalized spacial score (nSPS) is 26.5. The highest BCUT2D eigenvalue weighted by molar-refractivity contribution is 6.08. The molecule has 2 aliphatic heterocycles. The van der Waals surface area contributed by atoms with Crippen LogP contribution in [0.4, 0.5) is 0 Å². The third kappa shape index (κ3) is 3.88. The zero-order chi connectivity index (χ0) is 21.6. The van der Waals surface area contributed by atoms with E-state index in [4.69, 9.17) is 5.73 Å². The van der Waals surface area contributed by atoms with Crippen LogP contribution in [0.5, 0.6) is 0 Å². The number of rotatable bonds is 2. The maximum absolute atomic E-state index is 13.5. The van der Waals surface area contributed by atoms with Crippen molar-refractivity contribution in [3.8, 4) is 0 Å². The van der Waals surface area contributed by atoms with Gasteiger partial charge in [0.05, 0.1) is 12.0 Å². The van der Waals surface area contributed by atoms with Gasteiger partial charge in [-0.15, -0.1) is 0 Å². The summed E-state index contributed by atoms with van der Waals surface area (Å²) in [5, 5.41) is 9.78. The average molecular weight is 401 g/mol. The van der Waals surface area contributed by atoms with Crippen LogP contribution in [-0.2, 0) is 15.0 Å². The standard InChI is InChI=1S/C22H32N4O3/c1-21(2,3)15-8-6-14(7-9-15)17-18(28)25(5)20(23)24-22(17,4)19(29)26-12-10-16(27)11-13-26/h6-9,16-17,27H,10-13H2,1-5H3,(H2,23,24)/t17-,22-/m0/s1. The Hall–Kier alpha value is -2.41. The number of aliphatic hydroxyl groups excluding tert-OH is 1. The van der Waals surface area contributed by atoms with Crippen LogP contribution in [0, 0.1) is 0 Å². The molecule has 0 aliphatic carbocycles. The van der Waals surface area contributed by atoms with E-state index in [9.17, 15) is 14.7 Å². The summed E-state index contributed by atoms with van der Waals surface area (Å²) in [6, 6.07) is 7.85. The molecular formula is C22H32N4O3. The second-order valence-electron chi connectivity index (χ2n) is 9.34. The number of amides is 2. The van der Waals surface area contributed by atoms with Gasteiger partial charge in [0.25, 0.3) is 5.91 Å². The number of nitrogens with two attached hydrogens (primary N) is 1. The molecule has 1 aromatic rings. The molecule has 3 rings (SSSR count). The van der Waals surface area contributed by atoms with Crippen molar-refractivity contribution >= 4 is 17.8 Å². The number of benzene rings is 1. The van der Waals surface area contributed by atoms with Crippen LogP contribution in [-0.4, -0.2) is 64.5 Å². The van der Waals surface area contributed by atoms with Gasteiger partial charge < -0.3 is 15.7 Å². The molecule has 158 valence electrons. The van der Waals surface area contributed by atoms with E-state index in [-0.39, 0.29) is 29.3 Å². The second kappa shape index (κ2) is 7.44. The smallest absolute Gasteiger partial charge is 0.251 e. The summed E-state index contributed by atoms with van der Waals surface area (Å²) in [7, 11) is 1.58. The minimum atomic E-state index is -1.32. The molecule has 7 nitrogen and oxygen atoms in total. The summed E-state index contributed by atoms with van der Waals surface area (Å²) in [6.45, 7) is 8.98. The Labute approximate surface area is 172 Å². The Balaban J connectivity index is 2.02. The fourth-order valence-corrected chi connectivity index (χ4v) is 4.13. The van der Waals surface area contributed by atoms with Crippen molar-refractivity contribution < 1.29 is 14.7 Å². The highest BCUT2D eigenvalue weighted by atomic mass is 16.3. The molecule has 1 aromatic carbocycles. The van der Waals surface area contributed by atoms with Gasteiger partial charge in [0.15, 0.2) is 11.5 Å². The fourth-order valence-electron chi connectivity index (χ4n) is 4.13. The average Bonchev–Trinajstić information content (AvgIpc) is 2.66. The van der Waals surface area contributed by atoms with Crippen LogP contribution in [0.1, 0.15) is 57.6 Å². The quantitative estimate of drug-likeness (QED) is 0.788. The number of aliphatic hydroxyl groups is 1. The summed E-state index contributed by atoms with van der Waals surface area (Å²) in [5.41, 5.74) is 6.57. The van der Waals surface area contributed by atoms with Crippen molar-refractivity contribution in [2.45, 2.75) is 63.5 Å². The number of carbonyl (C=O) groups excluding carboxylic acids is 2. The third-order valence-electron chi connectivity index (χ3n) is 6.12. The van der Waals surface area contributed by atoms with Crippen LogP contribution >= 0.6 is 0 Å². The largest absolute Gasteiger partial charge is 0.393 e. The monoisotopic (exact) mass is 400 g/mol. The van der Waals surface area contributed by atoms with E-state index in [0.29, 0.717) is 25.9 Å². The summed E-state index contributed by atoms with van der Waals surface area (Å²) < 4.78 is 0. The zero-order valence-corrected chi connectivity index (χ0v) is 18.0. The molecule has 1 saturated heterocycles. The first kappa shape index (κ1) is 21.3. The molecule has 0 spiro atoms. The molecule has 2 atom stereocenters. The Morgan fingerprint density at radius 3 is 2.28 bits per heavy atom. The number of guanidine groups is 1. The van der Waals surface area contributed by atoms with Crippen LogP contribution in [0.3, 0.4) is 0 Å². The van der Waals surface area contributed by atoms with Gasteiger partial charge in [-0.1, -0.05) is 45.0 Å². The highest BCUT2D eigenvalue weighted by Crippen LogP contribution is 2.39. The fraction of sp³-hybridized carbons (Fsp3) is 0.591. The number of nitrogens with zero attached hydrogens (tertiary/aromatic N) is 3. The molecule has 2 aliphatic rings. The third-order valence-corrected chi connectivity index (χ3v) is 6.12. The molecule has 0 unspecified atom stereocenters. The molecule has 0 saturated carbocycles. The molecule has 3 N–H and O–H groups in total. The van der Waals surface area contributed by atoms with Gasteiger partial charge in [0.2, 0.25) is 5.91 Å². The summed E-state index contributed by atoms with van der Waals surface area (Å²) >= 11 is 0. The number of carbonyl (C=O) groups is 2. The minimum Gasteiger partial charge on any atom is -0.393 e. The Morgan fingerprint density at radius 2 is 1.76 bits per heavy atom. The first-order valence-electron chi connectivity index (χ1n) is 10.2. The number of aliphatic imine (C=N–C) groups is 1. The summed E-state index contributed by atoms with van der Waals surface area (Å²) in [5.74, 6) is -1.17. The van der Waals surface area contributed by atoms with E-state index in [1.807, 2.05) is 24.3 Å². The van der Waals surface area contributed by atoms with E-state index in [0.717, 1.165) is 11.1 Å². The SMILES string of the molecule is CN1C(=O)[C@H](c2ccc(C(C)(C)C)cc2)[C@@](C)(C(=O)N2CCC(O)CC2)N=C1N. The van der Waals surface area contributed by atoms with Crippen LogP contribution in [0.15, 0.2) is 29.3 Å². The van der Waals surface area contributed by atoms with Crippen molar-refractivity contribution in [1.29, 1.82) is 0 Å². The first-order chi connectivity index (χ1) is 13.4. The topological polar surface area (TPSA) is 99.2 Å². The lowest BCUT2D eigenvalue weighted by Crippen LogP contribution is -2.60. The van der Waals surface area contributed by atoms with Gasteiger partial charge in [0, 0.05) is 20.1 Å². The summed E-state index contributed by atoms with van der Waals surface area (Å²) in [6.07, 6.45) is 0.667. The lowest BCUT2D eigenvalue weighted by atomic mass is 9.76. The van der Waals surface area contributed by atoms with Crippen LogP contribution in [0.25, 0.3) is 0 Å². The van der Waals surface area contributed by atoms with Gasteiger partial charge in [-0.05, 0) is 36.3 Å². The Bertz CT molecular complexity index is 819. The Kier molecular flexibility index (Phi) is 5.47. The van der Waals surface area contributed by atoms with Gasteiger partial charge >= 0.3 is 0 Å². The molecule has 29 heavy (non-hydrogen) atoms. The number of likely N-dealkylation sites (N-methyl/N-ethyl adjacent to an activating group) is 1. The predicted molar refractivity (Wildman–Crippen MR) is 113 cm³/mol. The van der Waals surface area contributed by atoms with E-state index in [1.165, 1.54) is 4.90 Å². The number of hydrogen-bond acceptors (Lipinski definition) is 5. The number of hydrogen-bond donors (Lipinski definition) is 2. The number of likely N-dealkylation sites (tertiary alicyclic amines) is 1. The molecule has 0 aromatic heterocycles. The van der Waals surface area contributed by atoms with Crippen molar-refractivity contribution in [3.63, 3.8) is 0 Å². The lowest BCUT2D eigenvalue weighted by Gasteiger charge is -2.43.